The maximum absolute atomic E-state index is 12.1. The first-order valence-corrected chi connectivity index (χ1v) is 8.39. The molecular weight excluding hydrogens is 284 g/mol. The lowest BCUT2D eigenvalue weighted by atomic mass is 9.99. The van der Waals surface area contributed by atoms with E-state index in [4.69, 9.17) is 5.14 Å². The van der Waals surface area contributed by atoms with Crippen molar-refractivity contribution in [3.05, 3.63) is 15.8 Å². The van der Waals surface area contributed by atoms with E-state index in [-0.39, 0.29) is 16.3 Å². The third-order valence-corrected chi connectivity index (χ3v) is 4.95. The Hall–Kier alpha value is -0.920. The van der Waals surface area contributed by atoms with Crippen molar-refractivity contribution in [3.8, 4) is 0 Å². The summed E-state index contributed by atoms with van der Waals surface area (Å²) in [6, 6.07) is 1.34. The molecule has 0 spiro atoms. The summed E-state index contributed by atoms with van der Waals surface area (Å²) in [4.78, 5) is 13.0. The van der Waals surface area contributed by atoms with E-state index in [1.54, 1.807) is 6.92 Å². The molecule has 0 radical (unpaired) electrons. The zero-order valence-electron chi connectivity index (χ0n) is 11.6. The molecule has 3 N–H and O–H groups in total. The number of amides is 1. The van der Waals surface area contributed by atoms with Crippen LogP contribution >= 0.6 is 11.3 Å². The van der Waals surface area contributed by atoms with E-state index in [1.165, 1.54) is 6.07 Å². The number of sulfonamides is 1. The zero-order chi connectivity index (χ0) is 14.8. The number of hydrogen-bond acceptors (Lipinski definition) is 4. The average Bonchev–Trinajstić information content (AvgIpc) is 2.58. The van der Waals surface area contributed by atoms with Gasteiger partial charge in [-0.15, -0.1) is 11.3 Å². The van der Waals surface area contributed by atoms with Gasteiger partial charge in [0.15, 0.2) is 0 Å². The summed E-state index contributed by atoms with van der Waals surface area (Å²) >= 11 is 1.14. The maximum atomic E-state index is 12.1. The molecule has 1 rings (SSSR count). The van der Waals surface area contributed by atoms with Crippen LogP contribution in [0, 0.1) is 6.92 Å². The van der Waals surface area contributed by atoms with Gasteiger partial charge >= 0.3 is 0 Å². The van der Waals surface area contributed by atoms with Crippen molar-refractivity contribution in [1.82, 2.24) is 5.32 Å². The normalized spacial score (nSPS) is 12.5. The van der Waals surface area contributed by atoms with Gasteiger partial charge in [-0.25, -0.2) is 13.6 Å². The minimum Gasteiger partial charge on any atom is -0.346 e. The fourth-order valence-electron chi connectivity index (χ4n) is 1.92. The Morgan fingerprint density at radius 1 is 1.47 bits per heavy atom. The molecule has 0 aliphatic heterocycles. The molecule has 0 saturated carbocycles. The lowest BCUT2D eigenvalue weighted by Gasteiger charge is -2.25. The molecule has 1 aromatic heterocycles. The third kappa shape index (κ3) is 4.29. The number of carbonyl (C=O) groups is 1. The van der Waals surface area contributed by atoms with Gasteiger partial charge in [-0.2, -0.15) is 0 Å². The Bertz CT molecular complexity index is 574. The lowest BCUT2D eigenvalue weighted by Crippen LogP contribution is -2.42. The molecule has 0 aliphatic carbocycles. The molecule has 7 heteroatoms. The van der Waals surface area contributed by atoms with Crippen LogP contribution in [-0.4, -0.2) is 19.9 Å². The number of nitrogens with two attached hydrogens (primary N) is 1. The number of thiophene rings is 1. The van der Waals surface area contributed by atoms with Crippen molar-refractivity contribution >= 4 is 27.3 Å². The smallest absolute Gasteiger partial charge is 0.261 e. The van der Waals surface area contributed by atoms with Crippen molar-refractivity contribution in [2.45, 2.75) is 51.0 Å². The largest absolute Gasteiger partial charge is 0.346 e. The second-order valence-corrected chi connectivity index (χ2v) is 7.95. The highest BCUT2D eigenvalue weighted by atomic mass is 32.2. The Balaban J connectivity index is 2.97. The first kappa shape index (κ1) is 16.1. The van der Waals surface area contributed by atoms with Crippen molar-refractivity contribution in [2.24, 2.45) is 5.14 Å². The molecule has 0 atom stereocenters. The lowest BCUT2D eigenvalue weighted by molar-refractivity contribution is 0.0913. The summed E-state index contributed by atoms with van der Waals surface area (Å²) in [5.41, 5.74) is -0.314. The van der Waals surface area contributed by atoms with Gasteiger partial charge < -0.3 is 5.32 Å². The molecule has 5 nitrogen and oxygen atoms in total. The first-order chi connectivity index (χ1) is 8.57. The molecule has 0 aromatic carbocycles. The van der Waals surface area contributed by atoms with Gasteiger partial charge in [0, 0.05) is 10.4 Å². The second-order valence-electron chi connectivity index (χ2n) is 5.16. The quantitative estimate of drug-likeness (QED) is 0.872. The number of carbonyl (C=O) groups excluding carboxylic acids is 1. The van der Waals surface area contributed by atoms with E-state index in [0.29, 0.717) is 9.75 Å². The van der Waals surface area contributed by atoms with Gasteiger partial charge in [-0.05, 0) is 33.3 Å². The van der Waals surface area contributed by atoms with Gasteiger partial charge in [0.1, 0.15) is 0 Å². The minimum atomic E-state index is -3.77. The van der Waals surface area contributed by atoms with Crippen molar-refractivity contribution in [1.29, 1.82) is 0 Å². The molecule has 108 valence electrons. The van der Waals surface area contributed by atoms with Crippen LogP contribution < -0.4 is 10.5 Å². The van der Waals surface area contributed by atoms with Crippen LogP contribution in [0.25, 0.3) is 0 Å². The molecule has 0 unspecified atom stereocenters. The fourth-order valence-corrected chi connectivity index (χ4v) is 3.96. The Labute approximate surface area is 118 Å². The van der Waals surface area contributed by atoms with Gasteiger partial charge in [0.2, 0.25) is 10.0 Å². The van der Waals surface area contributed by atoms with Crippen molar-refractivity contribution in [2.75, 3.05) is 0 Å². The minimum absolute atomic E-state index is 0.0240. The van der Waals surface area contributed by atoms with Gasteiger partial charge in [-0.1, -0.05) is 13.3 Å². The van der Waals surface area contributed by atoms with Gasteiger partial charge in [-0.3, -0.25) is 4.79 Å². The summed E-state index contributed by atoms with van der Waals surface area (Å²) in [5.74, 6) is -0.263. The SMILES string of the molecule is CCCC(C)(C)NC(=O)c1cc(S(N)(=O)=O)c(C)s1. The second kappa shape index (κ2) is 5.60. The summed E-state index contributed by atoms with van der Waals surface area (Å²) in [6.45, 7) is 7.56. The van der Waals surface area contributed by atoms with Crippen LogP contribution in [0.5, 0.6) is 0 Å². The van der Waals surface area contributed by atoms with Crippen LogP contribution in [0.4, 0.5) is 0 Å². The molecule has 1 amide bonds. The highest BCUT2D eigenvalue weighted by molar-refractivity contribution is 7.89. The molecule has 0 aliphatic rings. The fraction of sp³-hybridized carbons (Fsp3) is 0.583. The molecule has 19 heavy (non-hydrogen) atoms. The van der Waals surface area contributed by atoms with Crippen LogP contribution in [0.2, 0.25) is 0 Å². The molecule has 0 fully saturated rings. The molecule has 1 heterocycles. The molecular formula is C12H20N2O3S2. The predicted octanol–water partition coefficient (Wildman–Crippen LogP) is 2.01. The monoisotopic (exact) mass is 304 g/mol. The van der Waals surface area contributed by atoms with E-state index in [9.17, 15) is 13.2 Å². The van der Waals surface area contributed by atoms with E-state index >= 15 is 0 Å². The number of nitrogens with one attached hydrogen (secondary N) is 1. The number of rotatable bonds is 5. The van der Waals surface area contributed by atoms with Crippen LogP contribution in [-0.2, 0) is 10.0 Å². The number of hydrogen-bond donors (Lipinski definition) is 2. The van der Waals surface area contributed by atoms with Gasteiger partial charge in [0.25, 0.3) is 5.91 Å². The summed E-state index contributed by atoms with van der Waals surface area (Å²) in [7, 11) is -3.77. The molecule has 1 aromatic rings. The summed E-state index contributed by atoms with van der Waals surface area (Å²) in [5, 5.41) is 7.99. The Kier molecular flexibility index (Phi) is 4.76. The topological polar surface area (TPSA) is 89.3 Å². The van der Waals surface area contributed by atoms with Crippen molar-refractivity contribution < 1.29 is 13.2 Å². The predicted molar refractivity (Wildman–Crippen MR) is 76.9 cm³/mol. The zero-order valence-corrected chi connectivity index (χ0v) is 13.2. The van der Waals surface area contributed by atoms with E-state index in [1.807, 2.05) is 20.8 Å². The van der Waals surface area contributed by atoms with Crippen LogP contribution in [0.1, 0.15) is 48.2 Å². The standard InChI is InChI=1S/C12H20N2O3S2/c1-5-6-12(3,4)14-11(15)9-7-10(8(2)18-9)19(13,16)17/h7H,5-6H2,1-4H3,(H,14,15)(H2,13,16,17). The van der Waals surface area contributed by atoms with Gasteiger partial charge in [0.05, 0.1) is 9.77 Å². The third-order valence-electron chi connectivity index (χ3n) is 2.73. The van der Waals surface area contributed by atoms with E-state index in [0.717, 1.165) is 24.2 Å². The maximum Gasteiger partial charge on any atom is 0.261 e. The Morgan fingerprint density at radius 2 is 2.05 bits per heavy atom. The Morgan fingerprint density at radius 3 is 2.47 bits per heavy atom. The summed E-state index contributed by atoms with van der Waals surface area (Å²) in [6.07, 6.45) is 1.81. The molecule has 0 saturated heterocycles. The number of aryl methyl sites for hydroxylation is 1. The highest BCUT2D eigenvalue weighted by Gasteiger charge is 2.23. The average molecular weight is 304 g/mol. The van der Waals surface area contributed by atoms with E-state index in [2.05, 4.69) is 5.32 Å². The molecule has 0 bridgehead atoms. The number of primary sulfonamides is 1. The van der Waals surface area contributed by atoms with Crippen molar-refractivity contribution in [3.63, 3.8) is 0 Å². The van der Waals surface area contributed by atoms with Crippen LogP contribution in [0.15, 0.2) is 11.0 Å². The van der Waals surface area contributed by atoms with Crippen LogP contribution in [0.3, 0.4) is 0 Å². The van der Waals surface area contributed by atoms with E-state index < -0.39 is 10.0 Å². The first-order valence-electron chi connectivity index (χ1n) is 6.02. The highest BCUT2D eigenvalue weighted by Crippen LogP contribution is 2.25. The summed E-state index contributed by atoms with van der Waals surface area (Å²) < 4.78 is 22.7.